The standard InChI is InChI=1S/C8H17NO/c1-2-10-6-8(9)7-4-3-5-7/h7-8H,2-6,9H2,1H3. The molecule has 1 saturated carbocycles. The van der Waals surface area contributed by atoms with Gasteiger partial charge >= 0.3 is 0 Å². The highest BCUT2D eigenvalue weighted by Gasteiger charge is 2.23. The number of ether oxygens (including phenoxy) is 1. The molecule has 2 N–H and O–H groups in total. The summed E-state index contributed by atoms with van der Waals surface area (Å²) < 4.78 is 5.23. The van der Waals surface area contributed by atoms with Crippen LogP contribution in [0.15, 0.2) is 0 Å². The number of rotatable bonds is 4. The van der Waals surface area contributed by atoms with Crippen LogP contribution >= 0.6 is 0 Å². The molecule has 1 fully saturated rings. The average molecular weight is 143 g/mol. The summed E-state index contributed by atoms with van der Waals surface area (Å²) in [6.07, 6.45) is 3.99. The molecule has 60 valence electrons. The van der Waals surface area contributed by atoms with Crippen LogP contribution in [0.4, 0.5) is 0 Å². The maximum absolute atomic E-state index is 5.84. The second kappa shape index (κ2) is 3.94. The molecule has 10 heavy (non-hydrogen) atoms. The van der Waals surface area contributed by atoms with Gasteiger partial charge in [-0.2, -0.15) is 0 Å². The van der Waals surface area contributed by atoms with Gasteiger partial charge in [-0.3, -0.25) is 0 Å². The van der Waals surface area contributed by atoms with E-state index in [4.69, 9.17) is 10.5 Å². The van der Waals surface area contributed by atoms with Crippen molar-refractivity contribution in [3.8, 4) is 0 Å². The van der Waals surface area contributed by atoms with Crippen molar-refractivity contribution in [1.82, 2.24) is 0 Å². The van der Waals surface area contributed by atoms with Crippen LogP contribution in [0.1, 0.15) is 26.2 Å². The Balaban J connectivity index is 2.02. The monoisotopic (exact) mass is 143 g/mol. The van der Waals surface area contributed by atoms with Crippen LogP contribution in [0.2, 0.25) is 0 Å². The lowest BCUT2D eigenvalue weighted by Crippen LogP contribution is -2.38. The Morgan fingerprint density at radius 1 is 1.60 bits per heavy atom. The average Bonchev–Trinajstić information content (AvgIpc) is 1.79. The molecule has 1 unspecified atom stereocenters. The first-order valence-electron chi connectivity index (χ1n) is 4.18. The summed E-state index contributed by atoms with van der Waals surface area (Å²) in [5.41, 5.74) is 5.84. The van der Waals surface area contributed by atoms with Crippen LogP contribution < -0.4 is 5.73 Å². The molecule has 2 nitrogen and oxygen atoms in total. The Labute approximate surface area is 62.7 Å². The van der Waals surface area contributed by atoms with Gasteiger partial charge in [0.1, 0.15) is 0 Å². The Morgan fingerprint density at radius 3 is 2.70 bits per heavy atom. The molecule has 0 radical (unpaired) electrons. The summed E-state index contributed by atoms with van der Waals surface area (Å²) in [5.74, 6) is 0.756. The number of hydrogen-bond donors (Lipinski definition) is 1. The summed E-state index contributed by atoms with van der Waals surface area (Å²) in [5, 5.41) is 0. The lowest BCUT2D eigenvalue weighted by Gasteiger charge is -2.30. The second-order valence-electron chi connectivity index (χ2n) is 3.01. The van der Waals surface area contributed by atoms with E-state index in [9.17, 15) is 0 Å². The van der Waals surface area contributed by atoms with Gasteiger partial charge < -0.3 is 10.5 Å². The van der Waals surface area contributed by atoms with Crippen LogP contribution in [0.5, 0.6) is 0 Å². The van der Waals surface area contributed by atoms with Crippen molar-refractivity contribution in [2.45, 2.75) is 32.2 Å². The van der Waals surface area contributed by atoms with Gasteiger partial charge in [0.05, 0.1) is 6.61 Å². The van der Waals surface area contributed by atoms with E-state index < -0.39 is 0 Å². The molecule has 0 aromatic heterocycles. The minimum Gasteiger partial charge on any atom is -0.380 e. The predicted octanol–water partition coefficient (Wildman–Crippen LogP) is 1.15. The molecule has 1 aliphatic rings. The van der Waals surface area contributed by atoms with Crippen LogP contribution in [0.25, 0.3) is 0 Å². The quantitative estimate of drug-likeness (QED) is 0.640. The molecule has 0 spiro atoms. The molecule has 0 bridgehead atoms. The van der Waals surface area contributed by atoms with Gasteiger partial charge in [0.15, 0.2) is 0 Å². The van der Waals surface area contributed by atoms with Gasteiger partial charge in [0.2, 0.25) is 0 Å². The fourth-order valence-electron chi connectivity index (χ4n) is 1.26. The number of nitrogens with two attached hydrogens (primary N) is 1. The van der Waals surface area contributed by atoms with Gasteiger partial charge in [-0.1, -0.05) is 6.42 Å². The van der Waals surface area contributed by atoms with Crippen LogP contribution in [-0.4, -0.2) is 19.3 Å². The topological polar surface area (TPSA) is 35.2 Å². The van der Waals surface area contributed by atoms with Gasteiger partial charge in [-0.25, -0.2) is 0 Å². The molecule has 1 rings (SSSR count). The van der Waals surface area contributed by atoms with E-state index in [0.29, 0.717) is 6.04 Å². The Kier molecular flexibility index (Phi) is 3.16. The van der Waals surface area contributed by atoms with Crippen molar-refractivity contribution in [3.05, 3.63) is 0 Å². The first-order chi connectivity index (χ1) is 4.84. The minimum absolute atomic E-state index is 0.300. The molecule has 0 saturated heterocycles. The molecule has 2 heteroatoms. The maximum atomic E-state index is 5.84. The molecule has 0 aromatic rings. The van der Waals surface area contributed by atoms with Crippen molar-refractivity contribution < 1.29 is 4.74 Å². The van der Waals surface area contributed by atoms with Gasteiger partial charge in [0.25, 0.3) is 0 Å². The fraction of sp³-hybridized carbons (Fsp3) is 1.00. The normalized spacial score (nSPS) is 22.2. The van der Waals surface area contributed by atoms with E-state index in [2.05, 4.69) is 0 Å². The van der Waals surface area contributed by atoms with E-state index in [1.54, 1.807) is 0 Å². The van der Waals surface area contributed by atoms with Crippen molar-refractivity contribution in [2.24, 2.45) is 11.7 Å². The Morgan fingerprint density at radius 2 is 2.30 bits per heavy atom. The van der Waals surface area contributed by atoms with Crippen LogP contribution in [-0.2, 0) is 4.74 Å². The highest BCUT2D eigenvalue weighted by atomic mass is 16.5. The zero-order valence-electron chi connectivity index (χ0n) is 6.68. The Hall–Kier alpha value is -0.0800. The van der Waals surface area contributed by atoms with Gasteiger partial charge in [-0.15, -0.1) is 0 Å². The predicted molar refractivity (Wildman–Crippen MR) is 41.8 cm³/mol. The smallest absolute Gasteiger partial charge is 0.0620 e. The largest absolute Gasteiger partial charge is 0.380 e. The third-order valence-electron chi connectivity index (χ3n) is 2.27. The van der Waals surface area contributed by atoms with Crippen LogP contribution in [0, 0.1) is 5.92 Å². The Bertz CT molecular complexity index is 91.3. The molecular formula is C8H17NO. The maximum Gasteiger partial charge on any atom is 0.0620 e. The van der Waals surface area contributed by atoms with Crippen molar-refractivity contribution in [2.75, 3.05) is 13.2 Å². The summed E-state index contributed by atoms with van der Waals surface area (Å²) >= 11 is 0. The first kappa shape index (κ1) is 8.02. The number of hydrogen-bond acceptors (Lipinski definition) is 2. The van der Waals surface area contributed by atoms with Crippen molar-refractivity contribution >= 4 is 0 Å². The summed E-state index contributed by atoms with van der Waals surface area (Å²) in [6.45, 7) is 3.55. The summed E-state index contributed by atoms with van der Waals surface area (Å²) in [6, 6.07) is 0.300. The van der Waals surface area contributed by atoms with Crippen LogP contribution in [0.3, 0.4) is 0 Å². The third kappa shape index (κ3) is 1.96. The van der Waals surface area contributed by atoms with E-state index in [0.717, 1.165) is 19.1 Å². The third-order valence-corrected chi connectivity index (χ3v) is 2.27. The molecule has 0 heterocycles. The molecule has 1 atom stereocenters. The molecule has 1 aliphatic carbocycles. The molecule has 0 aliphatic heterocycles. The SMILES string of the molecule is CCOCC(N)C1CCC1. The van der Waals surface area contributed by atoms with E-state index in [1.807, 2.05) is 6.92 Å². The lowest BCUT2D eigenvalue weighted by molar-refractivity contribution is 0.0978. The van der Waals surface area contributed by atoms with E-state index >= 15 is 0 Å². The second-order valence-corrected chi connectivity index (χ2v) is 3.01. The highest BCUT2D eigenvalue weighted by molar-refractivity contribution is 4.79. The van der Waals surface area contributed by atoms with E-state index in [1.165, 1.54) is 19.3 Å². The lowest BCUT2D eigenvalue weighted by atomic mass is 9.80. The summed E-state index contributed by atoms with van der Waals surface area (Å²) in [4.78, 5) is 0. The first-order valence-corrected chi connectivity index (χ1v) is 4.18. The molecular weight excluding hydrogens is 126 g/mol. The molecule has 0 aromatic carbocycles. The fourth-order valence-corrected chi connectivity index (χ4v) is 1.26. The minimum atomic E-state index is 0.300. The van der Waals surface area contributed by atoms with Crippen molar-refractivity contribution in [1.29, 1.82) is 0 Å². The van der Waals surface area contributed by atoms with Gasteiger partial charge in [-0.05, 0) is 25.7 Å². The van der Waals surface area contributed by atoms with Gasteiger partial charge in [0, 0.05) is 12.6 Å². The zero-order chi connectivity index (χ0) is 7.40. The zero-order valence-corrected chi connectivity index (χ0v) is 6.68. The van der Waals surface area contributed by atoms with Crippen molar-refractivity contribution in [3.63, 3.8) is 0 Å². The summed E-state index contributed by atoms with van der Waals surface area (Å²) in [7, 11) is 0. The molecule has 0 amide bonds. The van der Waals surface area contributed by atoms with E-state index in [-0.39, 0.29) is 0 Å². The highest BCUT2D eigenvalue weighted by Crippen LogP contribution is 2.28.